The van der Waals surface area contributed by atoms with Gasteiger partial charge in [-0.15, -0.1) is 0 Å². The number of carbonyl (C=O) groups excluding carboxylic acids is 1. The van der Waals surface area contributed by atoms with Crippen molar-refractivity contribution in [3.05, 3.63) is 29.3 Å². The lowest BCUT2D eigenvalue weighted by molar-refractivity contribution is -0.129. The minimum Gasteiger partial charge on any atom is -0.508 e. The summed E-state index contributed by atoms with van der Waals surface area (Å²) in [6.07, 6.45) is 2.22. The van der Waals surface area contributed by atoms with Crippen LogP contribution in [-0.2, 0) is 4.79 Å². The normalized spacial score (nSPS) is 16.6. The van der Waals surface area contributed by atoms with Crippen molar-refractivity contribution in [2.45, 2.75) is 32.7 Å². The van der Waals surface area contributed by atoms with Gasteiger partial charge in [-0.3, -0.25) is 4.79 Å². The van der Waals surface area contributed by atoms with Crippen molar-refractivity contribution in [2.24, 2.45) is 0 Å². The third-order valence-corrected chi connectivity index (χ3v) is 3.67. The van der Waals surface area contributed by atoms with Crippen LogP contribution in [0, 0.1) is 6.92 Å². The summed E-state index contributed by atoms with van der Waals surface area (Å²) in [6, 6.07) is 5.49. The fourth-order valence-electron chi connectivity index (χ4n) is 2.45. The number of carbonyl (C=O) groups is 1. The topological polar surface area (TPSA) is 52.6 Å². The number of hydrogen-bond acceptors (Lipinski definition) is 3. The second-order valence-electron chi connectivity index (χ2n) is 5.25. The van der Waals surface area contributed by atoms with E-state index >= 15 is 0 Å². The molecule has 1 aliphatic rings. The molecule has 1 saturated heterocycles. The van der Waals surface area contributed by atoms with Gasteiger partial charge in [0.25, 0.3) is 0 Å². The number of likely N-dealkylation sites (tertiary alicyclic amines) is 1. The van der Waals surface area contributed by atoms with Crippen molar-refractivity contribution >= 4 is 5.91 Å². The van der Waals surface area contributed by atoms with Crippen LogP contribution >= 0.6 is 0 Å². The molecule has 2 rings (SSSR count). The summed E-state index contributed by atoms with van der Waals surface area (Å²) < 4.78 is 0. The Labute approximate surface area is 114 Å². The predicted octanol–water partition coefficient (Wildman–Crippen LogP) is 1.97. The van der Waals surface area contributed by atoms with E-state index < -0.39 is 0 Å². The van der Waals surface area contributed by atoms with Gasteiger partial charge >= 0.3 is 0 Å². The average Bonchev–Trinajstić information content (AvgIpc) is 2.92. The SMILES string of the molecule is Cc1ccc(O)c(C(C)NCC(=O)N2CCCC2)c1. The van der Waals surface area contributed by atoms with Crippen LogP contribution in [0.15, 0.2) is 18.2 Å². The van der Waals surface area contributed by atoms with Crippen LogP contribution in [0.25, 0.3) is 0 Å². The van der Waals surface area contributed by atoms with Gasteiger partial charge in [0.15, 0.2) is 0 Å². The highest BCUT2D eigenvalue weighted by molar-refractivity contribution is 5.78. The Balaban J connectivity index is 1.91. The largest absolute Gasteiger partial charge is 0.508 e. The first-order valence-electron chi connectivity index (χ1n) is 6.88. The molecule has 0 bridgehead atoms. The van der Waals surface area contributed by atoms with Gasteiger partial charge < -0.3 is 15.3 Å². The minimum absolute atomic E-state index is 0.0357. The molecule has 1 unspecified atom stereocenters. The van der Waals surface area contributed by atoms with E-state index in [0.29, 0.717) is 6.54 Å². The van der Waals surface area contributed by atoms with E-state index in [9.17, 15) is 9.90 Å². The molecule has 1 fully saturated rings. The van der Waals surface area contributed by atoms with Crippen LogP contribution in [0.2, 0.25) is 0 Å². The smallest absolute Gasteiger partial charge is 0.236 e. The van der Waals surface area contributed by atoms with Crippen molar-refractivity contribution in [1.29, 1.82) is 0 Å². The quantitative estimate of drug-likeness (QED) is 0.872. The molecule has 0 saturated carbocycles. The summed E-state index contributed by atoms with van der Waals surface area (Å²) in [6.45, 7) is 6.04. The lowest BCUT2D eigenvalue weighted by Gasteiger charge is -2.19. The average molecular weight is 262 g/mol. The van der Waals surface area contributed by atoms with Gasteiger partial charge in [-0.05, 0) is 32.8 Å². The number of phenols is 1. The summed E-state index contributed by atoms with van der Waals surface area (Å²) >= 11 is 0. The number of rotatable bonds is 4. The highest BCUT2D eigenvalue weighted by Crippen LogP contribution is 2.24. The zero-order chi connectivity index (χ0) is 13.8. The molecular weight excluding hydrogens is 240 g/mol. The number of amides is 1. The number of hydrogen-bond donors (Lipinski definition) is 2. The molecule has 1 atom stereocenters. The molecule has 1 amide bonds. The van der Waals surface area contributed by atoms with E-state index in [-0.39, 0.29) is 17.7 Å². The molecule has 19 heavy (non-hydrogen) atoms. The maximum atomic E-state index is 11.9. The number of nitrogens with zero attached hydrogens (tertiary/aromatic N) is 1. The van der Waals surface area contributed by atoms with Gasteiger partial charge in [0.05, 0.1) is 6.54 Å². The first-order valence-corrected chi connectivity index (χ1v) is 6.88. The van der Waals surface area contributed by atoms with Gasteiger partial charge in [0.2, 0.25) is 5.91 Å². The third kappa shape index (κ3) is 3.47. The molecule has 4 heteroatoms. The van der Waals surface area contributed by atoms with Gasteiger partial charge in [0, 0.05) is 24.7 Å². The first-order chi connectivity index (χ1) is 9.08. The minimum atomic E-state index is -0.0357. The zero-order valence-corrected chi connectivity index (χ0v) is 11.6. The van der Waals surface area contributed by atoms with Gasteiger partial charge in [-0.25, -0.2) is 0 Å². The number of benzene rings is 1. The fourth-order valence-corrected chi connectivity index (χ4v) is 2.45. The summed E-state index contributed by atoms with van der Waals surface area (Å²) in [5, 5.41) is 13.0. The molecule has 1 aromatic carbocycles. The van der Waals surface area contributed by atoms with Crippen LogP contribution in [-0.4, -0.2) is 35.5 Å². The van der Waals surface area contributed by atoms with Crippen molar-refractivity contribution < 1.29 is 9.90 Å². The predicted molar refractivity (Wildman–Crippen MR) is 75.1 cm³/mol. The van der Waals surface area contributed by atoms with E-state index in [1.807, 2.05) is 30.9 Å². The molecule has 104 valence electrons. The molecule has 0 spiro atoms. The van der Waals surface area contributed by atoms with Crippen molar-refractivity contribution in [2.75, 3.05) is 19.6 Å². The van der Waals surface area contributed by atoms with E-state index in [1.165, 1.54) is 0 Å². The highest BCUT2D eigenvalue weighted by Gasteiger charge is 2.18. The summed E-state index contributed by atoms with van der Waals surface area (Å²) in [7, 11) is 0. The molecule has 0 aliphatic carbocycles. The van der Waals surface area contributed by atoms with E-state index in [0.717, 1.165) is 37.1 Å². The Kier molecular flexibility index (Phi) is 4.43. The fraction of sp³-hybridized carbons (Fsp3) is 0.533. The van der Waals surface area contributed by atoms with Crippen molar-refractivity contribution in [3.63, 3.8) is 0 Å². The Morgan fingerprint density at radius 3 is 2.79 bits per heavy atom. The molecule has 1 aliphatic heterocycles. The number of aryl methyl sites for hydroxylation is 1. The second kappa shape index (κ2) is 6.06. The van der Waals surface area contributed by atoms with E-state index in [1.54, 1.807) is 6.07 Å². The van der Waals surface area contributed by atoms with Crippen LogP contribution in [0.1, 0.15) is 36.9 Å². The van der Waals surface area contributed by atoms with Crippen LogP contribution in [0.4, 0.5) is 0 Å². The summed E-state index contributed by atoms with van der Waals surface area (Å²) in [5.74, 6) is 0.427. The molecule has 0 aromatic heterocycles. The first kappa shape index (κ1) is 13.9. The maximum Gasteiger partial charge on any atom is 0.236 e. The molecule has 4 nitrogen and oxygen atoms in total. The van der Waals surface area contributed by atoms with Crippen molar-refractivity contribution in [1.82, 2.24) is 10.2 Å². The number of aromatic hydroxyl groups is 1. The monoisotopic (exact) mass is 262 g/mol. The third-order valence-electron chi connectivity index (χ3n) is 3.67. The Bertz CT molecular complexity index is 453. The van der Waals surface area contributed by atoms with Crippen LogP contribution in [0.5, 0.6) is 5.75 Å². The molecule has 2 N–H and O–H groups in total. The Morgan fingerprint density at radius 1 is 1.42 bits per heavy atom. The number of nitrogens with one attached hydrogen (secondary N) is 1. The van der Waals surface area contributed by atoms with E-state index in [2.05, 4.69) is 5.32 Å². The molecule has 1 heterocycles. The Hall–Kier alpha value is -1.55. The lowest BCUT2D eigenvalue weighted by atomic mass is 10.0. The van der Waals surface area contributed by atoms with Gasteiger partial charge in [-0.2, -0.15) is 0 Å². The van der Waals surface area contributed by atoms with Crippen LogP contribution in [0.3, 0.4) is 0 Å². The van der Waals surface area contributed by atoms with E-state index in [4.69, 9.17) is 0 Å². The molecular formula is C15H22N2O2. The zero-order valence-electron chi connectivity index (χ0n) is 11.6. The number of phenolic OH excluding ortho intramolecular Hbond substituents is 1. The highest BCUT2D eigenvalue weighted by atomic mass is 16.3. The summed E-state index contributed by atoms with van der Waals surface area (Å²) in [5.41, 5.74) is 1.95. The standard InChI is InChI=1S/C15H22N2O2/c1-11-5-6-14(18)13(9-11)12(2)16-10-15(19)17-7-3-4-8-17/h5-6,9,12,16,18H,3-4,7-8,10H2,1-2H3. The van der Waals surface area contributed by atoms with Crippen molar-refractivity contribution in [3.8, 4) is 5.75 Å². The Morgan fingerprint density at radius 2 is 2.11 bits per heavy atom. The van der Waals surface area contributed by atoms with Gasteiger partial charge in [-0.1, -0.05) is 17.7 Å². The second-order valence-corrected chi connectivity index (χ2v) is 5.25. The summed E-state index contributed by atoms with van der Waals surface area (Å²) in [4.78, 5) is 13.8. The molecule has 0 radical (unpaired) electrons. The van der Waals surface area contributed by atoms with Crippen LogP contribution < -0.4 is 5.32 Å². The molecule has 1 aromatic rings. The van der Waals surface area contributed by atoms with Gasteiger partial charge in [0.1, 0.15) is 5.75 Å². The maximum absolute atomic E-state index is 11.9. The lowest BCUT2D eigenvalue weighted by Crippen LogP contribution is -2.37.